The zero-order valence-corrected chi connectivity index (χ0v) is 12.0. The molecule has 2 rings (SSSR count). The van der Waals surface area contributed by atoms with Crippen molar-refractivity contribution in [2.75, 3.05) is 37.3 Å². The van der Waals surface area contributed by atoms with Gasteiger partial charge in [0.25, 0.3) is 0 Å². The Morgan fingerprint density at radius 3 is 1.95 bits per heavy atom. The van der Waals surface area contributed by atoms with E-state index in [1.807, 2.05) is 18.2 Å². The number of nitrogens with two attached hydrogens (primary N) is 1. The quantitative estimate of drug-likeness (QED) is 0.673. The summed E-state index contributed by atoms with van der Waals surface area (Å²) in [4.78, 5) is 12.1. The number of nitrogens with zero attached hydrogens (tertiary/aromatic N) is 1. The van der Waals surface area contributed by atoms with Crippen LogP contribution in [-0.2, 0) is 9.47 Å². The number of urea groups is 1. The van der Waals surface area contributed by atoms with Crippen molar-refractivity contribution in [3.63, 3.8) is 0 Å². The van der Waals surface area contributed by atoms with Gasteiger partial charge in [-0.05, 0) is 12.1 Å². The van der Waals surface area contributed by atoms with Gasteiger partial charge >= 0.3 is 6.03 Å². The normalized spacial score (nSPS) is 13.5. The SMILES string of the molecule is C1COCCO1.Cl.NC(=O)N(CCl)c1ccccc1. The lowest BCUT2D eigenvalue weighted by Crippen LogP contribution is -2.34. The zero-order valence-electron chi connectivity index (χ0n) is 10.5. The Morgan fingerprint density at radius 1 is 1.16 bits per heavy atom. The number of amides is 2. The van der Waals surface area contributed by atoms with Crippen LogP contribution in [0, 0.1) is 0 Å². The van der Waals surface area contributed by atoms with Crippen molar-refractivity contribution in [2.45, 2.75) is 0 Å². The Hall–Kier alpha value is -1.01. The molecule has 0 spiro atoms. The first kappa shape index (κ1) is 18.0. The fourth-order valence-corrected chi connectivity index (χ4v) is 1.56. The highest BCUT2D eigenvalue weighted by atomic mass is 35.5. The molecule has 1 saturated heterocycles. The van der Waals surface area contributed by atoms with E-state index in [0.717, 1.165) is 26.4 Å². The van der Waals surface area contributed by atoms with Gasteiger partial charge in [0.05, 0.1) is 26.4 Å². The highest BCUT2D eigenvalue weighted by Crippen LogP contribution is 2.12. The number of primary amides is 1. The molecule has 7 heteroatoms. The van der Waals surface area contributed by atoms with Crippen molar-refractivity contribution < 1.29 is 14.3 Å². The van der Waals surface area contributed by atoms with Gasteiger partial charge in [0.1, 0.15) is 6.00 Å². The third kappa shape index (κ3) is 7.22. The maximum absolute atomic E-state index is 10.8. The van der Waals surface area contributed by atoms with Gasteiger partial charge in [-0.1, -0.05) is 18.2 Å². The molecule has 0 aromatic heterocycles. The maximum atomic E-state index is 10.8. The second-order valence-corrected chi connectivity index (χ2v) is 3.69. The van der Waals surface area contributed by atoms with Crippen LogP contribution in [0.25, 0.3) is 0 Å². The van der Waals surface area contributed by atoms with Crippen molar-refractivity contribution in [1.29, 1.82) is 0 Å². The molecule has 1 fully saturated rings. The molecule has 0 saturated carbocycles. The van der Waals surface area contributed by atoms with Crippen LogP contribution in [0.1, 0.15) is 0 Å². The molecule has 1 aromatic carbocycles. The van der Waals surface area contributed by atoms with E-state index < -0.39 is 6.03 Å². The molecule has 1 heterocycles. The average Bonchev–Trinajstić information content (AvgIpc) is 2.43. The first-order chi connectivity index (χ1) is 8.75. The molecule has 1 aliphatic heterocycles. The van der Waals surface area contributed by atoms with E-state index in [4.69, 9.17) is 26.8 Å². The Bertz CT molecular complexity index is 337. The van der Waals surface area contributed by atoms with E-state index in [9.17, 15) is 4.79 Å². The molecule has 0 aliphatic carbocycles. The monoisotopic (exact) mass is 308 g/mol. The minimum atomic E-state index is -0.545. The molecule has 1 aliphatic rings. The van der Waals surface area contributed by atoms with Crippen LogP contribution in [0.4, 0.5) is 10.5 Å². The van der Waals surface area contributed by atoms with Crippen molar-refractivity contribution in [2.24, 2.45) is 5.73 Å². The largest absolute Gasteiger partial charge is 0.377 e. The van der Waals surface area contributed by atoms with Gasteiger partial charge in [0.2, 0.25) is 0 Å². The zero-order chi connectivity index (χ0) is 13.2. The number of hydrogen-bond donors (Lipinski definition) is 1. The van der Waals surface area contributed by atoms with E-state index in [-0.39, 0.29) is 18.4 Å². The molecule has 2 amide bonds. The number of alkyl halides is 1. The number of rotatable bonds is 2. The molecule has 19 heavy (non-hydrogen) atoms. The van der Waals surface area contributed by atoms with Crippen molar-refractivity contribution in [3.8, 4) is 0 Å². The summed E-state index contributed by atoms with van der Waals surface area (Å²) in [7, 11) is 0. The lowest BCUT2D eigenvalue weighted by molar-refractivity contribution is -0.0334. The number of ether oxygens (including phenoxy) is 2. The molecule has 0 bridgehead atoms. The number of hydrogen-bond acceptors (Lipinski definition) is 3. The Labute approximate surface area is 124 Å². The summed E-state index contributed by atoms with van der Waals surface area (Å²) in [6.45, 7) is 3.11. The van der Waals surface area contributed by atoms with E-state index >= 15 is 0 Å². The van der Waals surface area contributed by atoms with E-state index in [2.05, 4.69) is 0 Å². The summed E-state index contributed by atoms with van der Waals surface area (Å²) in [6, 6.07) is 8.56. The first-order valence-corrected chi connectivity index (χ1v) is 6.12. The number of anilines is 1. The van der Waals surface area contributed by atoms with Crippen LogP contribution in [0.3, 0.4) is 0 Å². The van der Waals surface area contributed by atoms with Crippen LogP contribution in [-0.4, -0.2) is 38.5 Å². The number of carbonyl (C=O) groups excluding carboxylic acids is 1. The molecule has 5 nitrogen and oxygen atoms in total. The summed E-state index contributed by atoms with van der Waals surface area (Å²) in [5, 5.41) is 0. The molecule has 2 N–H and O–H groups in total. The van der Waals surface area contributed by atoms with Crippen LogP contribution in [0.5, 0.6) is 0 Å². The van der Waals surface area contributed by atoms with Crippen LogP contribution in [0.2, 0.25) is 0 Å². The fourth-order valence-electron chi connectivity index (χ4n) is 1.30. The minimum absolute atomic E-state index is 0. The van der Waals surface area contributed by atoms with E-state index in [1.54, 1.807) is 12.1 Å². The Balaban J connectivity index is 0.000000392. The highest BCUT2D eigenvalue weighted by molar-refractivity contribution is 6.21. The van der Waals surface area contributed by atoms with Gasteiger partial charge in [-0.15, -0.1) is 24.0 Å². The van der Waals surface area contributed by atoms with E-state index in [0.29, 0.717) is 5.69 Å². The minimum Gasteiger partial charge on any atom is -0.377 e. The standard InChI is InChI=1S/C8H9ClN2O.C4H8O2.ClH/c9-6-11(8(10)12)7-4-2-1-3-5-7;1-2-6-4-3-5-1;/h1-5H,6H2,(H2,10,12);1-4H2;1H. The number of halogens is 2. The summed E-state index contributed by atoms with van der Waals surface area (Å²) >= 11 is 5.52. The van der Waals surface area contributed by atoms with Crippen molar-refractivity contribution in [3.05, 3.63) is 30.3 Å². The fraction of sp³-hybridized carbons (Fsp3) is 0.417. The van der Waals surface area contributed by atoms with Gasteiger partial charge in [-0.3, -0.25) is 4.90 Å². The molecule has 0 unspecified atom stereocenters. The van der Waals surface area contributed by atoms with Gasteiger partial charge in [-0.2, -0.15) is 0 Å². The molecular formula is C12H18Cl2N2O3. The molecule has 0 radical (unpaired) electrons. The van der Waals surface area contributed by atoms with Gasteiger partial charge in [0, 0.05) is 5.69 Å². The van der Waals surface area contributed by atoms with Crippen molar-refractivity contribution in [1.82, 2.24) is 0 Å². The lowest BCUT2D eigenvalue weighted by atomic mass is 10.3. The summed E-state index contributed by atoms with van der Waals surface area (Å²) in [5.74, 6) is 0. The van der Waals surface area contributed by atoms with Gasteiger partial charge in [0.15, 0.2) is 0 Å². The topological polar surface area (TPSA) is 64.8 Å². The van der Waals surface area contributed by atoms with E-state index in [1.165, 1.54) is 4.90 Å². The Morgan fingerprint density at radius 2 is 1.63 bits per heavy atom. The molecule has 0 atom stereocenters. The van der Waals surface area contributed by atoms with Gasteiger partial charge in [-0.25, -0.2) is 4.79 Å². The van der Waals surface area contributed by atoms with Crippen LogP contribution < -0.4 is 10.6 Å². The number of benzene rings is 1. The first-order valence-electron chi connectivity index (χ1n) is 5.59. The van der Waals surface area contributed by atoms with Crippen LogP contribution in [0.15, 0.2) is 30.3 Å². The predicted molar refractivity (Wildman–Crippen MR) is 78.1 cm³/mol. The smallest absolute Gasteiger partial charge is 0.320 e. The van der Waals surface area contributed by atoms with Gasteiger partial charge < -0.3 is 15.2 Å². The number of carbonyl (C=O) groups is 1. The van der Waals surface area contributed by atoms with Crippen molar-refractivity contribution >= 4 is 35.7 Å². The third-order valence-electron chi connectivity index (χ3n) is 2.20. The second kappa shape index (κ2) is 10.9. The van der Waals surface area contributed by atoms with Crippen LogP contribution >= 0.6 is 24.0 Å². The maximum Gasteiger partial charge on any atom is 0.320 e. The highest BCUT2D eigenvalue weighted by Gasteiger charge is 2.08. The third-order valence-corrected chi connectivity index (χ3v) is 2.44. The number of para-hydroxylation sites is 1. The second-order valence-electron chi connectivity index (χ2n) is 3.45. The predicted octanol–water partition coefficient (Wildman–Crippen LogP) is 2.22. The Kier molecular flexibility index (Phi) is 10.3. The average molecular weight is 309 g/mol. The molecule has 108 valence electrons. The summed E-state index contributed by atoms with van der Waals surface area (Å²) in [6.07, 6.45) is 0. The lowest BCUT2D eigenvalue weighted by Gasteiger charge is -2.16. The summed E-state index contributed by atoms with van der Waals surface area (Å²) < 4.78 is 9.89. The summed E-state index contributed by atoms with van der Waals surface area (Å²) in [5.41, 5.74) is 5.79. The molecule has 1 aromatic rings. The molecular weight excluding hydrogens is 291 g/mol.